The van der Waals surface area contributed by atoms with E-state index in [0.29, 0.717) is 18.0 Å². The van der Waals surface area contributed by atoms with Gasteiger partial charge in [-0.3, -0.25) is 4.98 Å². The van der Waals surface area contributed by atoms with Gasteiger partial charge in [-0.05, 0) is 30.4 Å². The molecule has 27 heavy (non-hydrogen) atoms. The van der Waals surface area contributed by atoms with Gasteiger partial charge in [-0.15, -0.1) is 0 Å². The summed E-state index contributed by atoms with van der Waals surface area (Å²) in [7, 11) is 0. The minimum atomic E-state index is -0.784. The summed E-state index contributed by atoms with van der Waals surface area (Å²) in [5.41, 5.74) is 2.48. The Labute approximate surface area is 153 Å². The van der Waals surface area contributed by atoms with Crippen molar-refractivity contribution in [1.82, 2.24) is 34.8 Å². The minimum Gasteiger partial charge on any atom is -0.338 e. The number of nitrogens with one attached hydrogen (secondary N) is 2. The third kappa shape index (κ3) is 2.00. The van der Waals surface area contributed by atoms with Crippen LogP contribution in [0, 0.1) is 0 Å². The second-order valence-electron chi connectivity index (χ2n) is 6.60. The van der Waals surface area contributed by atoms with E-state index in [9.17, 15) is 0 Å². The van der Waals surface area contributed by atoms with Gasteiger partial charge in [0.1, 0.15) is 17.5 Å². The van der Waals surface area contributed by atoms with Gasteiger partial charge >= 0.3 is 0 Å². The third-order valence-corrected chi connectivity index (χ3v) is 4.95. The van der Waals surface area contributed by atoms with Gasteiger partial charge in [-0.1, -0.05) is 6.08 Å². The summed E-state index contributed by atoms with van der Waals surface area (Å²) in [6, 6.07) is 5.74. The van der Waals surface area contributed by atoms with E-state index in [1.54, 1.807) is 18.6 Å². The lowest BCUT2D eigenvalue weighted by atomic mass is 9.99. The molecule has 0 saturated carbocycles. The predicted octanol–water partition coefficient (Wildman–Crippen LogP) is 2.27. The first-order chi connectivity index (χ1) is 13.3. The number of hydrogen-bond acceptors (Lipinski definition) is 6. The van der Waals surface area contributed by atoms with Crippen molar-refractivity contribution in [2.45, 2.75) is 5.54 Å². The molecule has 8 nitrogen and oxygen atoms in total. The largest absolute Gasteiger partial charge is 0.338 e. The van der Waals surface area contributed by atoms with Crippen LogP contribution in [0.5, 0.6) is 0 Å². The number of aromatic nitrogens is 6. The third-order valence-electron chi connectivity index (χ3n) is 4.95. The lowest BCUT2D eigenvalue weighted by molar-refractivity contribution is 0.428. The van der Waals surface area contributed by atoms with Crippen LogP contribution in [-0.4, -0.2) is 47.2 Å². The van der Waals surface area contributed by atoms with Crippen molar-refractivity contribution >= 4 is 28.0 Å². The normalized spacial score (nSPS) is 21.2. The first-order valence-corrected chi connectivity index (χ1v) is 8.65. The van der Waals surface area contributed by atoms with Crippen LogP contribution in [0.4, 0.5) is 0 Å². The first-order valence-electron chi connectivity index (χ1n) is 8.65. The second kappa shape index (κ2) is 5.10. The van der Waals surface area contributed by atoms with E-state index in [2.05, 4.69) is 24.8 Å². The Morgan fingerprint density at radius 3 is 2.81 bits per heavy atom. The number of allylic oxidation sites excluding steroid dienone is 2. The van der Waals surface area contributed by atoms with Crippen molar-refractivity contribution in [3.05, 3.63) is 72.9 Å². The molecule has 2 N–H and O–H groups in total. The van der Waals surface area contributed by atoms with Gasteiger partial charge in [-0.25, -0.2) is 19.9 Å². The number of hydrogen-bond donors (Lipinski definition) is 2. The second-order valence-corrected chi connectivity index (χ2v) is 6.60. The van der Waals surface area contributed by atoms with Gasteiger partial charge in [0, 0.05) is 18.6 Å². The van der Waals surface area contributed by atoms with E-state index in [1.165, 1.54) is 0 Å². The number of pyridine rings is 2. The Hall–Kier alpha value is -3.81. The molecular formula is C19H14N8. The fraction of sp³-hybridized carbons (Fsp3) is 0.105. The minimum absolute atomic E-state index is 0.593. The molecule has 1 atom stereocenters. The summed E-state index contributed by atoms with van der Waals surface area (Å²) in [6.07, 6.45) is 13.2. The number of aliphatic imine (C=N–C) groups is 1. The van der Waals surface area contributed by atoms with Crippen molar-refractivity contribution in [3.63, 3.8) is 0 Å². The molecule has 6 rings (SSSR count). The zero-order valence-corrected chi connectivity index (χ0v) is 14.2. The van der Waals surface area contributed by atoms with Crippen LogP contribution in [-0.2, 0) is 5.54 Å². The van der Waals surface area contributed by atoms with E-state index in [-0.39, 0.29) is 0 Å². The molecular weight excluding hydrogens is 340 g/mol. The molecule has 0 saturated heterocycles. The van der Waals surface area contributed by atoms with Crippen LogP contribution >= 0.6 is 0 Å². The maximum absolute atomic E-state index is 5.04. The van der Waals surface area contributed by atoms with Crippen molar-refractivity contribution < 1.29 is 0 Å². The molecule has 0 spiro atoms. The van der Waals surface area contributed by atoms with E-state index >= 15 is 0 Å². The van der Waals surface area contributed by atoms with E-state index in [1.807, 2.05) is 42.6 Å². The Bertz CT molecular complexity index is 1140. The summed E-state index contributed by atoms with van der Waals surface area (Å²) in [5.74, 6) is 2.32. The average Bonchev–Trinajstić information content (AvgIpc) is 3.41. The lowest BCUT2D eigenvalue weighted by Gasteiger charge is -2.23. The molecule has 0 aliphatic carbocycles. The van der Waals surface area contributed by atoms with E-state index in [4.69, 9.17) is 15.0 Å². The fourth-order valence-corrected chi connectivity index (χ4v) is 3.64. The van der Waals surface area contributed by atoms with Crippen molar-refractivity contribution in [1.29, 1.82) is 0 Å². The highest BCUT2D eigenvalue weighted by Crippen LogP contribution is 2.38. The maximum atomic E-state index is 5.04. The summed E-state index contributed by atoms with van der Waals surface area (Å²) < 4.78 is 0. The number of fused-ring (bicyclic) bond motifs is 3. The number of imidazole rings is 2. The Kier molecular flexibility index (Phi) is 2.72. The summed E-state index contributed by atoms with van der Waals surface area (Å²) >= 11 is 0. The van der Waals surface area contributed by atoms with E-state index in [0.717, 1.165) is 28.2 Å². The molecule has 4 aromatic heterocycles. The fourth-order valence-electron chi connectivity index (χ4n) is 3.64. The van der Waals surface area contributed by atoms with E-state index < -0.39 is 5.54 Å². The molecule has 4 aromatic rings. The van der Waals surface area contributed by atoms with Crippen LogP contribution in [0.1, 0.15) is 11.6 Å². The molecule has 130 valence electrons. The molecule has 2 aliphatic rings. The monoisotopic (exact) mass is 354 g/mol. The summed E-state index contributed by atoms with van der Waals surface area (Å²) in [6.45, 7) is 0.593. The molecule has 1 unspecified atom stereocenters. The van der Waals surface area contributed by atoms with Gasteiger partial charge in [0.15, 0.2) is 11.2 Å². The van der Waals surface area contributed by atoms with Crippen molar-refractivity contribution in [2.75, 3.05) is 6.54 Å². The van der Waals surface area contributed by atoms with Crippen LogP contribution in [0.2, 0.25) is 0 Å². The molecule has 2 aliphatic heterocycles. The van der Waals surface area contributed by atoms with Gasteiger partial charge in [0.2, 0.25) is 0 Å². The first kappa shape index (κ1) is 14.4. The van der Waals surface area contributed by atoms with Crippen LogP contribution in [0.3, 0.4) is 0 Å². The Balaban J connectivity index is 1.62. The van der Waals surface area contributed by atoms with Gasteiger partial charge in [0.25, 0.3) is 0 Å². The number of nitrogens with zero attached hydrogens (tertiary/aromatic N) is 6. The van der Waals surface area contributed by atoms with Gasteiger partial charge in [-0.2, -0.15) is 0 Å². The Morgan fingerprint density at radius 1 is 1.00 bits per heavy atom. The lowest BCUT2D eigenvalue weighted by Crippen LogP contribution is -2.34. The predicted molar refractivity (Wildman–Crippen MR) is 101 cm³/mol. The molecule has 0 aromatic carbocycles. The highest BCUT2D eigenvalue weighted by Gasteiger charge is 2.47. The Morgan fingerprint density at radius 2 is 1.93 bits per heavy atom. The highest BCUT2D eigenvalue weighted by molar-refractivity contribution is 5.97. The van der Waals surface area contributed by atoms with Gasteiger partial charge in [0.05, 0.1) is 29.3 Å². The van der Waals surface area contributed by atoms with Crippen molar-refractivity contribution in [3.8, 4) is 0 Å². The SMILES string of the molecule is C1=CC2=NC(c3nc4ccncc4[nH]3)(c3nc4ncccc4[nH]3)CN2C=C1. The summed E-state index contributed by atoms with van der Waals surface area (Å²) in [4.78, 5) is 32.0. The zero-order valence-electron chi connectivity index (χ0n) is 14.2. The van der Waals surface area contributed by atoms with Crippen LogP contribution < -0.4 is 0 Å². The number of H-pyrrole nitrogens is 2. The maximum Gasteiger partial charge on any atom is 0.195 e. The smallest absolute Gasteiger partial charge is 0.195 e. The van der Waals surface area contributed by atoms with Crippen molar-refractivity contribution in [2.24, 2.45) is 4.99 Å². The summed E-state index contributed by atoms with van der Waals surface area (Å²) in [5, 5.41) is 0. The zero-order chi connectivity index (χ0) is 17.8. The van der Waals surface area contributed by atoms with Gasteiger partial charge < -0.3 is 14.9 Å². The van der Waals surface area contributed by atoms with Crippen LogP contribution in [0.15, 0.2) is 66.2 Å². The molecule has 0 amide bonds. The molecule has 8 heteroatoms. The topological polar surface area (TPSA) is 98.7 Å². The molecule has 6 heterocycles. The number of aromatic amines is 2. The molecule has 0 radical (unpaired) electrons. The molecule has 0 fully saturated rings. The highest BCUT2D eigenvalue weighted by atomic mass is 15.3. The number of rotatable bonds is 2. The van der Waals surface area contributed by atoms with Crippen LogP contribution in [0.25, 0.3) is 22.2 Å². The average molecular weight is 354 g/mol. The standard InChI is InChI=1S/C19H14N8/c1-2-9-27-11-19(26-15(27)5-1,17-22-12-6-8-20-10-14(12)24-17)18-23-13-4-3-7-21-16(13)25-18/h1-10H,11H2,(H,22,24)(H,21,23,25). The molecule has 0 bridgehead atoms. The number of amidine groups is 1. The quantitative estimate of drug-likeness (QED) is 0.575.